The minimum Gasteiger partial charge on any atom is -0.379 e. The Labute approximate surface area is 90.8 Å². The van der Waals surface area contributed by atoms with Gasteiger partial charge in [0.2, 0.25) is 5.91 Å². The predicted molar refractivity (Wildman–Crippen MR) is 57.6 cm³/mol. The molecule has 4 heteroatoms. The number of carbonyl (C=O) groups excluding carboxylic acids is 1. The Balaban J connectivity index is 1.86. The second-order valence-electron chi connectivity index (χ2n) is 4.85. The molecule has 15 heavy (non-hydrogen) atoms. The SMILES string of the molecule is CC1(NC(=O)[C@H]2CCCN2)CCCOC1. The third-order valence-corrected chi connectivity index (χ3v) is 3.24. The fraction of sp³-hybridized carbons (Fsp3) is 0.909. The maximum absolute atomic E-state index is 11.9. The minimum atomic E-state index is -0.153. The Morgan fingerprint density at radius 2 is 2.40 bits per heavy atom. The van der Waals surface area contributed by atoms with E-state index in [1.54, 1.807) is 0 Å². The summed E-state index contributed by atoms with van der Waals surface area (Å²) < 4.78 is 5.41. The summed E-state index contributed by atoms with van der Waals surface area (Å²) in [5, 5.41) is 6.32. The van der Waals surface area contributed by atoms with E-state index in [1.807, 2.05) is 0 Å². The molecule has 0 spiro atoms. The average Bonchev–Trinajstić information content (AvgIpc) is 2.70. The van der Waals surface area contributed by atoms with Crippen LogP contribution in [0.1, 0.15) is 32.6 Å². The first-order valence-electron chi connectivity index (χ1n) is 5.83. The predicted octanol–water partition coefficient (Wildman–Crippen LogP) is 0.424. The molecule has 0 aliphatic carbocycles. The van der Waals surface area contributed by atoms with Gasteiger partial charge in [0.05, 0.1) is 18.2 Å². The van der Waals surface area contributed by atoms with Gasteiger partial charge in [0.25, 0.3) is 0 Å². The zero-order valence-electron chi connectivity index (χ0n) is 9.34. The zero-order chi connectivity index (χ0) is 10.7. The van der Waals surface area contributed by atoms with Crippen molar-refractivity contribution in [1.82, 2.24) is 10.6 Å². The molecule has 2 heterocycles. The lowest BCUT2D eigenvalue weighted by Gasteiger charge is -2.35. The topological polar surface area (TPSA) is 50.4 Å². The molecule has 0 radical (unpaired) electrons. The first-order chi connectivity index (χ1) is 7.20. The summed E-state index contributed by atoms with van der Waals surface area (Å²) in [4.78, 5) is 11.9. The van der Waals surface area contributed by atoms with Gasteiger partial charge < -0.3 is 15.4 Å². The van der Waals surface area contributed by atoms with Crippen molar-refractivity contribution in [2.24, 2.45) is 0 Å². The van der Waals surface area contributed by atoms with Crippen LogP contribution in [0.2, 0.25) is 0 Å². The van der Waals surface area contributed by atoms with Gasteiger partial charge in [-0.05, 0) is 39.2 Å². The van der Waals surface area contributed by atoms with Gasteiger partial charge >= 0.3 is 0 Å². The van der Waals surface area contributed by atoms with E-state index in [2.05, 4.69) is 17.6 Å². The summed E-state index contributed by atoms with van der Waals surface area (Å²) >= 11 is 0. The molecule has 2 rings (SSSR count). The van der Waals surface area contributed by atoms with Crippen molar-refractivity contribution >= 4 is 5.91 Å². The highest BCUT2D eigenvalue weighted by atomic mass is 16.5. The van der Waals surface area contributed by atoms with E-state index in [1.165, 1.54) is 0 Å². The monoisotopic (exact) mass is 212 g/mol. The van der Waals surface area contributed by atoms with Crippen molar-refractivity contribution < 1.29 is 9.53 Å². The Morgan fingerprint density at radius 3 is 3.00 bits per heavy atom. The number of amides is 1. The number of ether oxygens (including phenoxy) is 1. The second kappa shape index (κ2) is 4.49. The van der Waals surface area contributed by atoms with Gasteiger partial charge in [-0.25, -0.2) is 0 Å². The molecule has 2 N–H and O–H groups in total. The van der Waals surface area contributed by atoms with Crippen LogP contribution < -0.4 is 10.6 Å². The summed E-state index contributed by atoms with van der Waals surface area (Å²) in [6.07, 6.45) is 4.12. The lowest BCUT2D eigenvalue weighted by atomic mass is 9.94. The van der Waals surface area contributed by atoms with Crippen molar-refractivity contribution in [3.05, 3.63) is 0 Å². The van der Waals surface area contributed by atoms with Crippen molar-refractivity contribution in [3.8, 4) is 0 Å². The standard InChI is InChI=1S/C11H20N2O2/c1-11(5-3-7-15-8-11)13-10(14)9-4-2-6-12-9/h9,12H,2-8H2,1H3,(H,13,14)/t9-,11?/m1/s1. The van der Waals surface area contributed by atoms with Crippen molar-refractivity contribution in [2.45, 2.75) is 44.2 Å². The molecule has 1 amide bonds. The molecule has 2 fully saturated rings. The van der Waals surface area contributed by atoms with Crippen LogP contribution >= 0.6 is 0 Å². The molecule has 2 saturated heterocycles. The molecule has 0 aromatic carbocycles. The van der Waals surface area contributed by atoms with Gasteiger partial charge in [0.15, 0.2) is 0 Å². The first-order valence-corrected chi connectivity index (χ1v) is 5.83. The van der Waals surface area contributed by atoms with Gasteiger partial charge in [0, 0.05) is 6.61 Å². The molecule has 4 nitrogen and oxygen atoms in total. The highest BCUT2D eigenvalue weighted by molar-refractivity contribution is 5.82. The van der Waals surface area contributed by atoms with Crippen molar-refractivity contribution in [1.29, 1.82) is 0 Å². The van der Waals surface area contributed by atoms with E-state index >= 15 is 0 Å². The van der Waals surface area contributed by atoms with E-state index in [4.69, 9.17) is 4.74 Å². The zero-order valence-corrected chi connectivity index (χ0v) is 9.34. The summed E-state index contributed by atoms with van der Waals surface area (Å²) in [6.45, 7) is 4.50. The Morgan fingerprint density at radius 1 is 1.53 bits per heavy atom. The highest BCUT2D eigenvalue weighted by Crippen LogP contribution is 2.19. The van der Waals surface area contributed by atoms with Crippen LogP contribution in [0.25, 0.3) is 0 Å². The molecular formula is C11H20N2O2. The van der Waals surface area contributed by atoms with Crippen molar-refractivity contribution in [2.75, 3.05) is 19.8 Å². The van der Waals surface area contributed by atoms with Crippen LogP contribution in [0, 0.1) is 0 Å². The molecule has 0 saturated carbocycles. The van der Waals surface area contributed by atoms with Crippen LogP contribution in [0.15, 0.2) is 0 Å². The van der Waals surface area contributed by atoms with Gasteiger partial charge in [0.1, 0.15) is 0 Å². The molecule has 0 aromatic heterocycles. The van der Waals surface area contributed by atoms with Crippen LogP contribution in [0.5, 0.6) is 0 Å². The van der Waals surface area contributed by atoms with Gasteiger partial charge in [-0.1, -0.05) is 0 Å². The van der Waals surface area contributed by atoms with E-state index in [0.29, 0.717) is 6.61 Å². The van der Waals surface area contributed by atoms with Crippen molar-refractivity contribution in [3.63, 3.8) is 0 Å². The molecule has 0 bridgehead atoms. The fourth-order valence-electron chi connectivity index (χ4n) is 2.33. The number of carbonyl (C=O) groups is 1. The largest absolute Gasteiger partial charge is 0.379 e. The Bertz CT molecular complexity index is 231. The summed E-state index contributed by atoms with van der Waals surface area (Å²) in [7, 11) is 0. The highest BCUT2D eigenvalue weighted by Gasteiger charge is 2.32. The number of nitrogens with one attached hydrogen (secondary N) is 2. The minimum absolute atomic E-state index is 0.0174. The van der Waals surface area contributed by atoms with Gasteiger partial charge in [-0.15, -0.1) is 0 Å². The summed E-state index contributed by atoms with van der Waals surface area (Å²) in [6, 6.07) is 0.0174. The van der Waals surface area contributed by atoms with Gasteiger partial charge in [-0.3, -0.25) is 4.79 Å². The summed E-state index contributed by atoms with van der Waals surface area (Å²) in [5.41, 5.74) is -0.153. The van der Waals surface area contributed by atoms with Crippen LogP contribution in [-0.2, 0) is 9.53 Å². The molecule has 2 aliphatic rings. The van der Waals surface area contributed by atoms with E-state index in [9.17, 15) is 4.79 Å². The molecule has 0 aromatic rings. The average molecular weight is 212 g/mol. The first kappa shape index (κ1) is 10.9. The van der Waals surface area contributed by atoms with E-state index in [-0.39, 0.29) is 17.5 Å². The molecule has 86 valence electrons. The lowest BCUT2D eigenvalue weighted by molar-refractivity contribution is -0.126. The van der Waals surface area contributed by atoms with Crippen LogP contribution in [0.4, 0.5) is 0 Å². The molecule has 1 unspecified atom stereocenters. The molecule has 2 aliphatic heterocycles. The van der Waals surface area contributed by atoms with E-state index in [0.717, 1.165) is 38.8 Å². The molecular weight excluding hydrogens is 192 g/mol. The second-order valence-corrected chi connectivity index (χ2v) is 4.85. The van der Waals surface area contributed by atoms with E-state index < -0.39 is 0 Å². The Hall–Kier alpha value is -0.610. The number of rotatable bonds is 2. The number of hydrogen-bond donors (Lipinski definition) is 2. The maximum Gasteiger partial charge on any atom is 0.237 e. The third kappa shape index (κ3) is 2.69. The third-order valence-electron chi connectivity index (χ3n) is 3.24. The number of hydrogen-bond acceptors (Lipinski definition) is 3. The fourth-order valence-corrected chi connectivity index (χ4v) is 2.33. The maximum atomic E-state index is 11.9. The lowest BCUT2D eigenvalue weighted by Crippen LogP contribution is -2.55. The van der Waals surface area contributed by atoms with Gasteiger partial charge in [-0.2, -0.15) is 0 Å². The quantitative estimate of drug-likeness (QED) is 0.697. The van der Waals surface area contributed by atoms with Crippen LogP contribution in [0.3, 0.4) is 0 Å². The normalized spacial score (nSPS) is 36.5. The molecule has 2 atom stereocenters. The smallest absolute Gasteiger partial charge is 0.237 e. The summed E-state index contributed by atoms with van der Waals surface area (Å²) in [5.74, 6) is 0.139. The Kier molecular flexibility index (Phi) is 3.26. The van der Waals surface area contributed by atoms with Crippen LogP contribution in [-0.4, -0.2) is 37.2 Å².